The maximum atomic E-state index is 12.9. The zero-order valence-corrected chi connectivity index (χ0v) is 7.78. The zero-order valence-electron chi connectivity index (χ0n) is 6.20. The summed E-state index contributed by atoms with van der Waals surface area (Å²) in [6.45, 7) is 0. The number of benzene rings is 1. The van der Waals surface area contributed by atoms with Gasteiger partial charge < -0.3 is 10.5 Å². The molecule has 0 amide bonds. The van der Waals surface area contributed by atoms with Crippen molar-refractivity contribution in [2.75, 3.05) is 12.8 Å². The molecule has 5 heteroatoms. The summed E-state index contributed by atoms with van der Waals surface area (Å²) in [5, 5.41) is 0. The first-order valence-corrected chi connectivity index (χ1v) is 3.84. The molecule has 0 fully saturated rings. The third-order valence-corrected chi connectivity index (χ3v) is 1.94. The van der Waals surface area contributed by atoms with E-state index in [9.17, 15) is 8.78 Å². The highest BCUT2D eigenvalue weighted by molar-refractivity contribution is 9.10. The van der Waals surface area contributed by atoms with Crippen molar-refractivity contribution in [2.24, 2.45) is 0 Å². The van der Waals surface area contributed by atoms with E-state index in [0.29, 0.717) is 0 Å². The second-order valence-electron chi connectivity index (χ2n) is 2.10. The van der Waals surface area contributed by atoms with Gasteiger partial charge in [-0.25, -0.2) is 8.78 Å². The summed E-state index contributed by atoms with van der Waals surface area (Å²) in [6, 6.07) is 0.963. The summed E-state index contributed by atoms with van der Waals surface area (Å²) in [4.78, 5) is 0. The Morgan fingerprint density at radius 3 is 2.58 bits per heavy atom. The quantitative estimate of drug-likeness (QED) is 0.601. The van der Waals surface area contributed by atoms with Gasteiger partial charge in [0, 0.05) is 0 Å². The van der Waals surface area contributed by atoms with Crippen molar-refractivity contribution >= 4 is 21.6 Å². The van der Waals surface area contributed by atoms with Crippen molar-refractivity contribution in [2.45, 2.75) is 0 Å². The standard InChI is InChI=1S/C7H6BrF2NO/c1-12-7-4(9)2-3(8)5(10)6(7)11/h2H,11H2,1H3. The smallest absolute Gasteiger partial charge is 0.180 e. The Bertz CT molecular complexity index is 317. The van der Waals surface area contributed by atoms with Crippen LogP contribution in [-0.4, -0.2) is 7.11 Å². The second kappa shape index (κ2) is 3.26. The lowest BCUT2D eigenvalue weighted by molar-refractivity contribution is 0.385. The molecule has 0 bridgehead atoms. The van der Waals surface area contributed by atoms with E-state index < -0.39 is 11.6 Å². The molecule has 0 unspecified atom stereocenters. The van der Waals surface area contributed by atoms with Gasteiger partial charge in [0.25, 0.3) is 0 Å². The molecule has 2 N–H and O–H groups in total. The zero-order chi connectivity index (χ0) is 9.30. The van der Waals surface area contributed by atoms with Crippen LogP contribution in [0, 0.1) is 11.6 Å². The van der Waals surface area contributed by atoms with E-state index in [0.717, 1.165) is 6.07 Å². The molecule has 0 radical (unpaired) electrons. The van der Waals surface area contributed by atoms with E-state index in [1.165, 1.54) is 7.11 Å². The molecular weight excluding hydrogens is 232 g/mol. The SMILES string of the molecule is COc1c(F)cc(Br)c(F)c1N. The van der Waals surface area contributed by atoms with Gasteiger partial charge in [0.2, 0.25) is 0 Å². The molecule has 12 heavy (non-hydrogen) atoms. The highest BCUT2D eigenvalue weighted by Crippen LogP contribution is 2.32. The Hall–Kier alpha value is -0.840. The van der Waals surface area contributed by atoms with Crippen LogP contribution in [0.25, 0.3) is 0 Å². The molecular formula is C7H6BrF2NO. The molecule has 0 aliphatic carbocycles. The van der Waals surface area contributed by atoms with E-state index in [-0.39, 0.29) is 15.9 Å². The first-order chi connectivity index (χ1) is 5.57. The normalized spacial score (nSPS) is 10.0. The molecule has 2 nitrogen and oxygen atoms in total. The molecule has 1 rings (SSSR count). The molecule has 0 spiro atoms. The fraction of sp³-hybridized carbons (Fsp3) is 0.143. The highest BCUT2D eigenvalue weighted by Gasteiger charge is 2.14. The number of ether oxygens (including phenoxy) is 1. The first kappa shape index (κ1) is 9.25. The van der Waals surface area contributed by atoms with E-state index in [2.05, 4.69) is 20.7 Å². The molecule has 0 aliphatic heterocycles. The van der Waals surface area contributed by atoms with E-state index >= 15 is 0 Å². The Morgan fingerprint density at radius 1 is 1.50 bits per heavy atom. The monoisotopic (exact) mass is 237 g/mol. The Kier molecular flexibility index (Phi) is 2.52. The number of methoxy groups -OCH3 is 1. The summed E-state index contributed by atoms with van der Waals surface area (Å²) in [6.07, 6.45) is 0. The average Bonchev–Trinajstić information content (AvgIpc) is 2.01. The maximum Gasteiger partial charge on any atom is 0.180 e. The minimum absolute atomic E-state index is 0.0155. The second-order valence-corrected chi connectivity index (χ2v) is 2.96. The number of anilines is 1. The lowest BCUT2D eigenvalue weighted by Crippen LogP contribution is -1.99. The molecule has 1 aromatic carbocycles. The van der Waals surface area contributed by atoms with Gasteiger partial charge in [-0.05, 0) is 22.0 Å². The number of nitrogens with two attached hydrogens (primary N) is 1. The number of nitrogen functional groups attached to an aromatic ring is 1. The Morgan fingerprint density at radius 2 is 2.08 bits per heavy atom. The van der Waals surface area contributed by atoms with Crippen molar-refractivity contribution in [1.82, 2.24) is 0 Å². The average molecular weight is 238 g/mol. The van der Waals surface area contributed by atoms with Crippen LogP contribution in [-0.2, 0) is 0 Å². The Balaban J connectivity index is 3.40. The number of rotatable bonds is 1. The molecule has 0 aromatic heterocycles. The van der Waals surface area contributed by atoms with Crippen molar-refractivity contribution < 1.29 is 13.5 Å². The maximum absolute atomic E-state index is 12.9. The molecule has 0 aliphatic rings. The van der Waals surface area contributed by atoms with Gasteiger partial charge in [0.15, 0.2) is 17.4 Å². The summed E-state index contributed by atoms with van der Waals surface area (Å²) >= 11 is 2.81. The highest BCUT2D eigenvalue weighted by atomic mass is 79.9. The molecule has 0 saturated heterocycles. The van der Waals surface area contributed by atoms with Crippen LogP contribution in [0.5, 0.6) is 5.75 Å². The van der Waals surface area contributed by atoms with Crippen molar-refractivity contribution in [1.29, 1.82) is 0 Å². The van der Waals surface area contributed by atoms with Gasteiger partial charge in [0.05, 0.1) is 11.6 Å². The van der Waals surface area contributed by atoms with Crippen molar-refractivity contribution in [3.05, 3.63) is 22.2 Å². The van der Waals surface area contributed by atoms with Crippen LogP contribution < -0.4 is 10.5 Å². The third-order valence-electron chi connectivity index (χ3n) is 1.37. The summed E-state index contributed by atoms with van der Waals surface area (Å²) in [5.41, 5.74) is 4.90. The lowest BCUT2D eigenvalue weighted by atomic mass is 10.3. The third kappa shape index (κ3) is 1.36. The minimum Gasteiger partial charge on any atom is -0.491 e. The van der Waals surface area contributed by atoms with Crippen LogP contribution in [0.2, 0.25) is 0 Å². The van der Waals surface area contributed by atoms with E-state index in [1.807, 2.05) is 0 Å². The van der Waals surface area contributed by atoms with Crippen LogP contribution in [0.4, 0.5) is 14.5 Å². The van der Waals surface area contributed by atoms with Crippen LogP contribution >= 0.6 is 15.9 Å². The molecule has 1 aromatic rings. The minimum atomic E-state index is -0.715. The van der Waals surface area contributed by atoms with Gasteiger partial charge >= 0.3 is 0 Å². The first-order valence-electron chi connectivity index (χ1n) is 3.05. The lowest BCUT2D eigenvalue weighted by Gasteiger charge is -2.07. The fourth-order valence-corrected chi connectivity index (χ4v) is 1.22. The predicted molar refractivity (Wildman–Crippen MR) is 45.0 cm³/mol. The van der Waals surface area contributed by atoms with Crippen molar-refractivity contribution in [3.8, 4) is 5.75 Å². The van der Waals surface area contributed by atoms with Crippen LogP contribution in [0.15, 0.2) is 10.5 Å². The van der Waals surface area contributed by atoms with Crippen LogP contribution in [0.1, 0.15) is 0 Å². The molecule has 0 heterocycles. The van der Waals surface area contributed by atoms with Crippen LogP contribution in [0.3, 0.4) is 0 Å². The molecule has 0 atom stereocenters. The molecule has 0 saturated carbocycles. The summed E-state index contributed by atoms with van der Waals surface area (Å²) < 4.78 is 30.4. The van der Waals surface area contributed by atoms with E-state index in [1.54, 1.807) is 0 Å². The van der Waals surface area contributed by atoms with Gasteiger partial charge in [-0.2, -0.15) is 0 Å². The Labute approximate surface area is 76.4 Å². The number of halogens is 3. The van der Waals surface area contributed by atoms with Crippen molar-refractivity contribution in [3.63, 3.8) is 0 Å². The molecule has 66 valence electrons. The number of hydrogen-bond acceptors (Lipinski definition) is 2. The van der Waals surface area contributed by atoms with Gasteiger partial charge in [-0.1, -0.05) is 0 Å². The fourth-order valence-electron chi connectivity index (χ4n) is 0.805. The topological polar surface area (TPSA) is 35.2 Å². The number of hydrogen-bond donors (Lipinski definition) is 1. The summed E-state index contributed by atoms with van der Waals surface area (Å²) in [5.74, 6) is -1.67. The van der Waals surface area contributed by atoms with E-state index in [4.69, 9.17) is 5.73 Å². The van der Waals surface area contributed by atoms with Gasteiger partial charge in [-0.15, -0.1) is 0 Å². The van der Waals surface area contributed by atoms with Gasteiger partial charge in [-0.3, -0.25) is 0 Å². The largest absolute Gasteiger partial charge is 0.491 e. The summed E-state index contributed by atoms with van der Waals surface area (Å²) in [7, 11) is 1.22. The predicted octanol–water partition coefficient (Wildman–Crippen LogP) is 2.32. The van der Waals surface area contributed by atoms with Gasteiger partial charge in [0.1, 0.15) is 5.69 Å².